The van der Waals surface area contributed by atoms with Crippen LogP contribution in [0.1, 0.15) is 11.1 Å². The van der Waals surface area contributed by atoms with Crippen LogP contribution >= 0.6 is 23.4 Å². The molecule has 170 valence electrons. The van der Waals surface area contributed by atoms with Crippen molar-refractivity contribution >= 4 is 35.0 Å². The molecular formula is C18H12ClF6N5OS. The monoisotopic (exact) mass is 495 g/mol. The van der Waals surface area contributed by atoms with Gasteiger partial charge in [0.1, 0.15) is 0 Å². The number of nitrogens with zero attached hydrogens (tertiary/aromatic N) is 3. The molecule has 6 nitrogen and oxygen atoms in total. The summed E-state index contributed by atoms with van der Waals surface area (Å²) < 4.78 is 78.7. The smallest absolute Gasteiger partial charge is 0.335 e. The summed E-state index contributed by atoms with van der Waals surface area (Å²) in [4.78, 5) is 12.1. The molecule has 0 aliphatic heterocycles. The number of aromatic nitrogens is 3. The van der Waals surface area contributed by atoms with Gasteiger partial charge in [0.15, 0.2) is 5.82 Å². The summed E-state index contributed by atoms with van der Waals surface area (Å²) in [7, 11) is 0. The van der Waals surface area contributed by atoms with E-state index in [9.17, 15) is 31.1 Å². The van der Waals surface area contributed by atoms with Crippen LogP contribution in [0.2, 0.25) is 5.02 Å². The average molecular weight is 496 g/mol. The molecule has 0 unspecified atom stereocenters. The number of thioether (sulfide) groups is 1. The van der Waals surface area contributed by atoms with Gasteiger partial charge in [-0.1, -0.05) is 35.5 Å². The Morgan fingerprint density at radius 2 is 1.62 bits per heavy atom. The predicted molar refractivity (Wildman–Crippen MR) is 106 cm³/mol. The molecule has 0 saturated heterocycles. The van der Waals surface area contributed by atoms with Gasteiger partial charge in [-0.2, -0.15) is 26.3 Å². The van der Waals surface area contributed by atoms with Crippen molar-refractivity contribution in [2.24, 2.45) is 0 Å². The summed E-state index contributed by atoms with van der Waals surface area (Å²) in [5.74, 6) is 4.83. The molecule has 14 heteroatoms. The van der Waals surface area contributed by atoms with Crippen LogP contribution in [0.15, 0.2) is 47.6 Å². The van der Waals surface area contributed by atoms with Gasteiger partial charge in [-0.15, -0.1) is 10.2 Å². The number of carbonyl (C=O) groups is 1. The number of alkyl halides is 6. The van der Waals surface area contributed by atoms with Crippen LogP contribution in [0.3, 0.4) is 0 Å². The molecule has 0 radical (unpaired) electrons. The van der Waals surface area contributed by atoms with Gasteiger partial charge >= 0.3 is 12.4 Å². The van der Waals surface area contributed by atoms with Crippen molar-refractivity contribution in [3.63, 3.8) is 0 Å². The molecule has 3 rings (SSSR count). The molecule has 0 aliphatic carbocycles. The third-order valence-corrected chi connectivity index (χ3v) is 5.26. The minimum Gasteiger partial charge on any atom is -0.335 e. The number of halogens is 7. The third kappa shape index (κ3) is 5.46. The first-order chi connectivity index (χ1) is 14.9. The number of carbonyl (C=O) groups excluding carboxylic acids is 1. The minimum atomic E-state index is -5.03. The summed E-state index contributed by atoms with van der Waals surface area (Å²) in [6.45, 7) is 0. The van der Waals surface area contributed by atoms with E-state index in [2.05, 4.69) is 10.2 Å². The van der Waals surface area contributed by atoms with Crippen LogP contribution in [-0.2, 0) is 17.1 Å². The highest BCUT2D eigenvalue weighted by atomic mass is 35.5. The lowest BCUT2D eigenvalue weighted by atomic mass is 10.1. The number of hydrogen-bond acceptors (Lipinski definition) is 5. The van der Waals surface area contributed by atoms with E-state index in [1.54, 1.807) is 24.3 Å². The van der Waals surface area contributed by atoms with E-state index in [1.165, 1.54) is 0 Å². The predicted octanol–water partition coefficient (Wildman–Crippen LogP) is 5.08. The first-order valence-corrected chi connectivity index (χ1v) is 9.90. The van der Waals surface area contributed by atoms with Crippen molar-refractivity contribution in [1.29, 1.82) is 0 Å². The van der Waals surface area contributed by atoms with E-state index in [0.717, 1.165) is 16.4 Å². The van der Waals surface area contributed by atoms with Crippen LogP contribution in [0.25, 0.3) is 11.4 Å². The lowest BCUT2D eigenvalue weighted by Gasteiger charge is -2.14. The van der Waals surface area contributed by atoms with Crippen LogP contribution in [-0.4, -0.2) is 26.5 Å². The van der Waals surface area contributed by atoms with Gasteiger partial charge in [-0.05, 0) is 30.3 Å². The maximum Gasteiger partial charge on any atom is 0.416 e. The summed E-state index contributed by atoms with van der Waals surface area (Å²) in [6, 6.07) is 7.44. The lowest BCUT2D eigenvalue weighted by molar-refractivity contribution is -0.143. The van der Waals surface area contributed by atoms with Gasteiger partial charge in [-0.3, -0.25) is 4.79 Å². The summed E-state index contributed by atoms with van der Waals surface area (Å²) in [5.41, 5.74) is -3.25. The second-order valence-corrected chi connectivity index (χ2v) is 7.64. The Hall–Kier alpha value is -2.93. The first kappa shape index (κ1) is 23.7. The van der Waals surface area contributed by atoms with Gasteiger partial charge in [-0.25, -0.2) is 4.68 Å². The molecule has 1 aromatic heterocycles. The van der Waals surface area contributed by atoms with Crippen molar-refractivity contribution < 1.29 is 31.1 Å². The molecule has 1 heterocycles. The van der Waals surface area contributed by atoms with Gasteiger partial charge in [0.05, 0.1) is 21.9 Å². The Balaban J connectivity index is 1.74. The molecule has 0 aliphatic rings. The van der Waals surface area contributed by atoms with Crippen molar-refractivity contribution in [3.8, 4) is 11.4 Å². The first-order valence-electron chi connectivity index (χ1n) is 8.54. The number of benzene rings is 2. The summed E-state index contributed by atoms with van der Waals surface area (Å²) >= 11 is 6.86. The SMILES string of the molecule is Nn1c(SCC(=O)Nc2cc(C(F)(F)F)cc(C(F)(F)F)c2)nnc1-c1ccccc1Cl. The molecule has 0 bridgehead atoms. The van der Waals surface area contributed by atoms with Crippen LogP contribution in [0.5, 0.6) is 0 Å². The van der Waals surface area contributed by atoms with E-state index in [1.807, 2.05) is 5.32 Å². The molecule has 0 fully saturated rings. The second kappa shape index (κ2) is 8.90. The fraction of sp³-hybridized carbons (Fsp3) is 0.167. The van der Waals surface area contributed by atoms with Crippen LogP contribution in [0.4, 0.5) is 32.0 Å². The maximum atomic E-state index is 12.9. The van der Waals surface area contributed by atoms with Gasteiger partial charge < -0.3 is 11.2 Å². The number of nitrogens with two attached hydrogens (primary N) is 1. The molecule has 3 aromatic rings. The van der Waals surface area contributed by atoms with E-state index in [4.69, 9.17) is 17.4 Å². The Morgan fingerprint density at radius 1 is 1.03 bits per heavy atom. The number of anilines is 1. The fourth-order valence-electron chi connectivity index (χ4n) is 2.56. The maximum absolute atomic E-state index is 12.9. The molecule has 0 saturated carbocycles. The topological polar surface area (TPSA) is 85.8 Å². The Kier molecular flexibility index (Phi) is 6.60. The summed E-state index contributed by atoms with van der Waals surface area (Å²) in [6.07, 6.45) is -10.1. The molecule has 2 aromatic carbocycles. The van der Waals surface area contributed by atoms with Gasteiger partial charge in [0.2, 0.25) is 11.1 Å². The zero-order valence-corrected chi connectivity index (χ0v) is 17.2. The molecule has 1 amide bonds. The number of amides is 1. The van der Waals surface area contributed by atoms with E-state index < -0.39 is 40.8 Å². The van der Waals surface area contributed by atoms with E-state index in [-0.39, 0.29) is 17.0 Å². The zero-order valence-electron chi connectivity index (χ0n) is 15.6. The highest BCUT2D eigenvalue weighted by Gasteiger charge is 2.37. The van der Waals surface area contributed by atoms with Crippen LogP contribution < -0.4 is 11.2 Å². The molecule has 0 spiro atoms. The van der Waals surface area contributed by atoms with Crippen molar-refractivity contribution in [2.75, 3.05) is 16.9 Å². The molecule has 0 atom stereocenters. The Labute approximate surface area is 185 Å². The van der Waals surface area contributed by atoms with Gasteiger partial charge in [0, 0.05) is 11.3 Å². The number of rotatable bonds is 5. The quantitative estimate of drug-likeness (QED) is 0.293. The lowest BCUT2D eigenvalue weighted by Crippen LogP contribution is -2.18. The summed E-state index contributed by atoms with van der Waals surface area (Å²) in [5, 5.41) is 10.2. The fourth-order valence-corrected chi connectivity index (χ4v) is 3.43. The van der Waals surface area contributed by atoms with Crippen molar-refractivity contribution in [1.82, 2.24) is 14.9 Å². The number of hydrogen-bond donors (Lipinski definition) is 2. The van der Waals surface area contributed by atoms with Crippen molar-refractivity contribution in [3.05, 3.63) is 58.6 Å². The minimum absolute atomic E-state index is 0.0302. The largest absolute Gasteiger partial charge is 0.416 e. The molecule has 3 N–H and O–H groups in total. The Bertz CT molecular complexity index is 1120. The van der Waals surface area contributed by atoms with E-state index >= 15 is 0 Å². The number of nitrogen functional groups attached to an aromatic ring is 1. The normalized spacial score (nSPS) is 12.1. The number of nitrogens with one attached hydrogen (secondary N) is 1. The zero-order chi connectivity index (χ0) is 23.7. The third-order valence-electron chi connectivity index (χ3n) is 3.98. The highest BCUT2D eigenvalue weighted by Crippen LogP contribution is 2.37. The van der Waals surface area contributed by atoms with Crippen LogP contribution in [0, 0.1) is 0 Å². The average Bonchev–Trinajstić information content (AvgIpc) is 3.05. The van der Waals surface area contributed by atoms with Crippen molar-refractivity contribution in [2.45, 2.75) is 17.5 Å². The highest BCUT2D eigenvalue weighted by molar-refractivity contribution is 7.99. The molecular weight excluding hydrogens is 484 g/mol. The second-order valence-electron chi connectivity index (χ2n) is 6.29. The Morgan fingerprint density at radius 3 is 2.19 bits per heavy atom. The molecule has 32 heavy (non-hydrogen) atoms. The van der Waals surface area contributed by atoms with E-state index in [0.29, 0.717) is 22.7 Å². The standard InChI is InChI=1S/C18H12ClF6N5OS/c19-13-4-2-1-3-12(13)15-28-29-16(30(15)26)32-8-14(31)27-11-6-9(17(20,21)22)5-10(7-11)18(23,24)25/h1-7H,8,26H2,(H,27,31). The van der Waals surface area contributed by atoms with Gasteiger partial charge in [0.25, 0.3) is 0 Å².